The normalized spacial score (nSPS) is 10.7. The maximum atomic E-state index is 13.0. The first-order chi connectivity index (χ1) is 7.74. The van der Waals surface area contributed by atoms with E-state index in [1.54, 1.807) is 6.07 Å². The molecular formula is C14H22FN. The van der Waals surface area contributed by atoms with E-state index in [2.05, 4.69) is 12.2 Å². The fourth-order valence-corrected chi connectivity index (χ4v) is 1.78. The fraction of sp³-hybridized carbons (Fsp3) is 0.571. The Hall–Kier alpha value is -0.890. The van der Waals surface area contributed by atoms with E-state index in [1.807, 2.05) is 13.0 Å². The molecule has 90 valence electrons. The summed E-state index contributed by atoms with van der Waals surface area (Å²) in [6, 6.07) is 5.05. The van der Waals surface area contributed by atoms with E-state index in [1.165, 1.54) is 18.1 Å². The maximum absolute atomic E-state index is 13.0. The molecule has 0 fully saturated rings. The molecule has 1 rings (SSSR count). The summed E-state index contributed by atoms with van der Waals surface area (Å²) in [4.78, 5) is 0. The van der Waals surface area contributed by atoms with Crippen molar-refractivity contribution in [2.24, 2.45) is 0 Å². The zero-order chi connectivity index (χ0) is 11.8. The molecule has 0 aromatic heterocycles. The summed E-state index contributed by atoms with van der Waals surface area (Å²) in [5.41, 5.74) is 2.35. The Kier molecular flexibility index (Phi) is 6.09. The van der Waals surface area contributed by atoms with Gasteiger partial charge in [0.05, 0.1) is 0 Å². The molecule has 16 heavy (non-hydrogen) atoms. The smallest absolute Gasteiger partial charge is 0.123 e. The predicted molar refractivity (Wildman–Crippen MR) is 67.2 cm³/mol. The average molecular weight is 223 g/mol. The Balaban J connectivity index is 2.23. The third kappa shape index (κ3) is 4.75. The number of benzene rings is 1. The van der Waals surface area contributed by atoms with Gasteiger partial charge in [0.1, 0.15) is 5.82 Å². The van der Waals surface area contributed by atoms with Gasteiger partial charge in [0, 0.05) is 0 Å². The molecular weight excluding hydrogens is 201 g/mol. The molecule has 0 amide bonds. The summed E-state index contributed by atoms with van der Waals surface area (Å²) >= 11 is 0. The minimum atomic E-state index is -0.121. The molecule has 2 heteroatoms. The highest BCUT2D eigenvalue weighted by atomic mass is 19.1. The van der Waals surface area contributed by atoms with Crippen LogP contribution in [0.5, 0.6) is 0 Å². The van der Waals surface area contributed by atoms with Crippen molar-refractivity contribution in [2.75, 3.05) is 13.1 Å². The molecule has 0 spiro atoms. The molecule has 0 heterocycles. The van der Waals surface area contributed by atoms with Gasteiger partial charge in [-0.3, -0.25) is 0 Å². The van der Waals surface area contributed by atoms with Gasteiger partial charge in [0.25, 0.3) is 0 Å². The third-order valence-electron chi connectivity index (χ3n) is 2.79. The molecule has 0 radical (unpaired) electrons. The average Bonchev–Trinajstić information content (AvgIpc) is 2.28. The number of hydrogen-bond donors (Lipinski definition) is 1. The fourth-order valence-electron chi connectivity index (χ4n) is 1.78. The topological polar surface area (TPSA) is 12.0 Å². The molecule has 0 aliphatic rings. The van der Waals surface area contributed by atoms with Crippen LogP contribution >= 0.6 is 0 Å². The predicted octanol–water partition coefficient (Wildman–Crippen LogP) is 3.46. The van der Waals surface area contributed by atoms with Crippen LogP contribution in [0.25, 0.3) is 0 Å². The Morgan fingerprint density at radius 1 is 1.19 bits per heavy atom. The van der Waals surface area contributed by atoms with E-state index in [4.69, 9.17) is 0 Å². The first-order valence-electron chi connectivity index (χ1n) is 6.19. The van der Waals surface area contributed by atoms with Crippen molar-refractivity contribution in [2.45, 2.75) is 39.5 Å². The minimum Gasteiger partial charge on any atom is -0.317 e. The van der Waals surface area contributed by atoms with Crippen molar-refractivity contribution in [1.82, 2.24) is 5.32 Å². The Morgan fingerprint density at radius 3 is 2.75 bits per heavy atom. The standard InChI is InChI=1S/C14H22FN/c1-3-9-16-10-5-4-6-13-11-14(15)8-7-12(13)2/h7-8,11,16H,3-6,9-10H2,1-2H3. The Labute approximate surface area is 98.1 Å². The first-order valence-corrected chi connectivity index (χ1v) is 6.19. The van der Waals surface area contributed by atoms with Gasteiger partial charge in [-0.25, -0.2) is 4.39 Å². The van der Waals surface area contributed by atoms with E-state index < -0.39 is 0 Å². The highest BCUT2D eigenvalue weighted by Gasteiger charge is 2.00. The number of aryl methyl sites for hydroxylation is 2. The first kappa shape index (κ1) is 13.2. The molecule has 0 aliphatic carbocycles. The second-order valence-electron chi connectivity index (χ2n) is 4.28. The number of halogens is 1. The molecule has 0 saturated carbocycles. The third-order valence-corrected chi connectivity index (χ3v) is 2.79. The summed E-state index contributed by atoms with van der Waals surface area (Å²) < 4.78 is 13.0. The van der Waals surface area contributed by atoms with Gasteiger partial charge in [0.15, 0.2) is 0 Å². The second-order valence-corrected chi connectivity index (χ2v) is 4.28. The van der Waals surface area contributed by atoms with Crippen molar-refractivity contribution in [1.29, 1.82) is 0 Å². The molecule has 0 saturated heterocycles. The van der Waals surface area contributed by atoms with Gasteiger partial charge in [-0.05, 0) is 69.0 Å². The van der Waals surface area contributed by atoms with Crippen LogP contribution in [0.4, 0.5) is 4.39 Å². The molecule has 0 aliphatic heterocycles. The van der Waals surface area contributed by atoms with Crippen molar-refractivity contribution in [3.05, 3.63) is 35.1 Å². The van der Waals surface area contributed by atoms with Crippen LogP contribution < -0.4 is 5.32 Å². The van der Waals surface area contributed by atoms with Crippen LogP contribution in [-0.2, 0) is 6.42 Å². The monoisotopic (exact) mass is 223 g/mol. The van der Waals surface area contributed by atoms with Crippen molar-refractivity contribution in [3.8, 4) is 0 Å². The lowest BCUT2D eigenvalue weighted by Gasteiger charge is -2.06. The summed E-state index contributed by atoms with van der Waals surface area (Å²) in [6.45, 7) is 6.38. The Morgan fingerprint density at radius 2 is 2.00 bits per heavy atom. The summed E-state index contributed by atoms with van der Waals surface area (Å²) in [5.74, 6) is -0.121. The van der Waals surface area contributed by atoms with Gasteiger partial charge in [0.2, 0.25) is 0 Å². The van der Waals surface area contributed by atoms with E-state index in [-0.39, 0.29) is 5.82 Å². The van der Waals surface area contributed by atoms with E-state index in [0.717, 1.165) is 37.9 Å². The lowest BCUT2D eigenvalue weighted by atomic mass is 10.0. The number of hydrogen-bond acceptors (Lipinski definition) is 1. The van der Waals surface area contributed by atoms with Crippen LogP contribution in [0.15, 0.2) is 18.2 Å². The van der Waals surface area contributed by atoms with Gasteiger partial charge in [-0.2, -0.15) is 0 Å². The van der Waals surface area contributed by atoms with Gasteiger partial charge in [-0.15, -0.1) is 0 Å². The lowest BCUT2D eigenvalue weighted by Crippen LogP contribution is -2.15. The molecule has 0 atom stereocenters. The van der Waals surface area contributed by atoms with E-state index >= 15 is 0 Å². The second kappa shape index (κ2) is 7.39. The SMILES string of the molecule is CCCNCCCCc1cc(F)ccc1C. The van der Waals surface area contributed by atoms with E-state index in [0.29, 0.717) is 0 Å². The molecule has 0 unspecified atom stereocenters. The molecule has 1 aromatic carbocycles. The van der Waals surface area contributed by atoms with Crippen molar-refractivity contribution in [3.63, 3.8) is 0 Å². The lowest BCUT2D eigenvalue weighted by molar-refractivity contribution is 0.608. The summed E-state index contributed by atoms with van der Waals surface area (Å²) in [7, 11) is 0. The summed E-state index contributed by atoms with van der Waals surface area (Å²) in [6.07, 6.45) is 4.46. The number of rotatable bonds is 7. The quantitative estimate of drug-likeness (QED) is 0.698. The Bertz CT molecular complexity index is 310. The largest absolute Gasteiger partial charge is 0.317 e. The van der Waals surface area contributed by atoms with Crippen LogP contribution in [0.2, 0.25) is 0 Å². The maximum Gasteiger partial charge on any atom is 0.123 e. The molecule has 1 N–H and O–H groups in total. The zero-order valence-electron chi connectivity index (χ0n) is 10.4. The summed E-state index contributed by atoms with van der Waals surface area (Å²) in [5, 5.41) is 3.37. The zero-order valence-corrected chi connectivity index (χ0v) is 10.4. The van der Waals surface area contributed by atoms with Crippen LogP contribution in [0.1, 0.15) is 37.3 Å². The molecule has 1 aromatic rings. The van der Waals surface area contributed by atoms with Crippen molar-refractivity contribution >= 4 is 0 Å². The van der Waals surface area contributed by atoms with Gasteiger partial charge in [-0.1, -0.05) is 13.0 Å². The minimum absolute atomic E-state index is 0.121. The van der Waals surface area contributed by atoms with Crippen molar-refractivity contribution < 1.29 is 4.39 Å². The van der Waals surface area contributed by atoms with Gasteiger partial charge >= 0.3 is 0 Å². The van der Waals surface area contributed by atoms with Crippen LogP contribution in [0.3, 0.4) is 0 Å². The highest BCUT2D eigenvalue weighted by Crippen LogP contribution is 2.12. The van der Waals surface area contributed by atoms with Gasteiger partial charge < -0.3 is 5.32 Å². The molecule has 0 bridgehead atoms. The van der Waals surface area contributed by atoms with Crippen LogP contribution in [0, 0.1) is 12.7 Å². The molecule has 1 nitrogen and oxygen atoms in total. The number of nitrogens with one attached hydrogen (secondary N) is 1. The van der Waals surface area contributed by atoms with E-state index in [9.17, 15) is 4.39 Å². The number of unbranched alkanes of at least 4 members (excludes halogenated alkanes) is 1. The highest BCUT2D eigenvalue weighted by molar-refractivity contribution is 5.26. The van der Waals surface area contributed by atoms with Crippen LogP contribution in [-0.4, -0.2) is 13.1 Å².